The van der Waals surface area contributed by atoms with Gasteiger partial charge >= 0.3 is 0 Å². The number of H-pyrrole nitrogens is 1. The first-order valence-corrected chi connectivity index (χ1v) is 12.3. The number of aromatic amines is 1. The van der Waals surface area contributed by atoms with Gasteiger partial charge in [-0.3, -0.25) is 19.7 Å². The number of amides is 1. The smallest absolute Gasteiger partial charge is 0.269 e. The molecule has 0 aliphatic rings. The fourth-order valence-electron chi connectivity index (χ4n) is 2.87. The lowest BCUT2D eigenvalue weighted by atomic mass is 10.2. The minimum Gasteiger partial charge on any atom is -0.325 e. The molecule has 1 aromatic heterocycles. The van der Waals surface area contributed by atoms with Gasteiger partial charge in [-0.2, -0.15) is 0 Å². The van der Waals surface area contributed by atoms with Gasteiger partial charge in [0.2, 0.25) is 15.7 Å². The maximum absolute atomic E-state index is 12.7. The highest BCUT2D eigenvalue weighted by molar-refractivity contribution is 7.99. The van der Waals surface area contributed by atoms with Crippen LogP contribution in [0.15, 0.2) is 74.3 Å². The number of carbonyl (C=O) groups excluding carboxylic acids is 1. The number of non-ortho nitro benzene ring substituents is 1. The van der Waals surface area contributed by atoms with E-state index in [1.54, 1.807) is 0 Å². The summed E-state index contributed by atoms with van der Waals surface area (Å²) in [5.74, 6) is -0.351. The summed E-state index contributed by atoms with van der Waals surface area (Å²) in [5, 5.41) is 13.7. The summed E-state index contributed by atoms with van der Waals surface area (Å²) in [6.45, 7) is 1.98. The molecule has 2 N–H and O–H groups in total. The summed E-state index contributed by atoms with van der Waals surface area (Å²) < 4.78 is 25.4. The van der Waals surface area contributed by atoms with Crippen molar-refractivity contribution >= 4 is 38.9 Å². The number of aromatic nitrogens is 2. The summed E-state index contributed by atoms with van der Waals surface area (Å²) in [6.07, 6.45) is 1.51. The molecule has 0 atom stereocenters. The Bertz CT molecular complexity index is 1320. The largest absolute Gasteiger partial charge is 0.325 e. The predicted molar refractivity (Wildman–Crippen MR) is 123 cm³/mol. The van der Waals surface area contributed by atoms with E-state index in [4.69, 9.17) is 0 Å². The van der Waals surface area contributed by atoms with Gasteiger partial charge in [0.15, 0.2) is 5.16 Å². The highest BCUT2D eigenvalue weighted by Gasteiger charge is 2.19. The summed E-state index contributed by atoms with van der Waals surface area (Å²) in [5.41, 5.74) is 0.570. The van der Waals surface area contributed by atoms with Crippen LogP contribution in [-0.2, 0) is 21.1 Å². The summed E-state index contributed by atoms with van der Waals surface area (Å²) >= 11 is 1.09. The van der Waals surface area contributed by atoms with Crippen molar-refractivity contribution < 1.29 is 18.1 Å². The highest BCUT2D eigenvalue weighted by Crippen LogP contribution is 2.24. The average molecular weight is 489 g/mol. The second-order valence-corrected chi connectivity index (χ2v) is 9.82. The molecule has 0 saturated heterocycles. The first kappa shape index (κ1) is 24.1. The number of nitro benzene ring substituents is 1. The number of hydrogen-bond acceptors (Lipinski definition) is 8. The van der Waals surface area contributed by atoms with Gasteiger partial charge in [-0.05, 0) is 42.8 Å². The molecular formula is C21H20N4O6S2. The molecule has 0 aliphatic heterocycles. The van der Waals surface area contributed by atoms with Crippen molar-refractivity contribution in [1.82, 2.24) is 9.97 Å². The van der Waals surface area contributed by atoms with E-state index in [0.717, 1.165) is 30.3 Å². The zero-order valence-electron chi connectivity index (χ0n) is 17.5. The first-order valence-electron chi connectivity index (χ1n) is 9.81. The number of thioether (sulfide) groups is 1. The van der Waals surface area contributed by atoms with Crippen molar-refractivity contribution in [2.24, 2.45) is 0 Å². The molecule has 33 heavy (non-hydrogen) atoms. The SMILES string of the molecule is CCCc1cc(=O)[nH]c(SCC(=O)Nc2ccc(S(=O)(=O)c3ccc([N+](=O)[O-])cc3)cc2)n1. The molecule has 0 spiro atoms. The molecule has 2 aromatic carbocycles. The van der Waals surface area contributed by atoms with Crippen molar-refractivity contribution in [2.45, 2.75) is 34.7 Å². The van der Waals surface area contributed by atoms with Crippen LogP contribution in [0.4, 0.5) is 11.4 Å². The van der Waals surface area contributed by atoms with Gasteiger partial charge in [0.05, 0.1) is 20.5 Å². The average Bonchev–Trinajstić information content (AvgIpc) is 2.78. The quantitative estimate of drug-likeness (QED) is 0.202. The van der Waals surface area contributed by atoms with Crippen LogP contribution >= 0.6 is 11.8 Å². The molecule has 0 unspecified atom stereocenters. The van der Waals surface area contributed by atoms with Gasteiger partial charge in [0.25, 0.3) is 11.2 Å². The summed E-state index contributed by atoms with van der Waals surface area (Å²) in [7, 11) is -3.87. The fraction of sp³-hybridized carbons (Fsp3) is 0.190. The lowest BCUT2D eigenvalue weighted by Gasteiger charge is -2.08. The van der Waals surface area contributed by atoms with Crippen LogP contribution in [0.2, 0.25) is 0 Å². The molecule has 0 aliphatic carbocycles. The lowest BCUT2D eigenvalue weighted by Crippen LogP contribution is -2.16. The number of rotatable bonds is 9. The Morgan fingerprint density at radius 3 is 2.30 bits per heavy atom. The van der Waals surface area contributed by atoms with Crippen LogP contribution in [-0.4, -0.2) is 35.0 Å². The monoisotopic (exact) mass is 488 g/mol. The minimum atomic E-state index is -3.87. The number of nitrogens with zero attached hydrogens (tertiary/aromatic N) is 2. The molecule has 0 saturated carbocycles. The van der Waals surface area contributed by atoms with Gasteiger partial charge in [0, 0.05) is 29.6 Å². The lowest BCUT2D eigenvalue weighted by molar-refractivity contribution is -0.384. The molecule has 1 heterocycles. The zero-order chi connectivity index (χ0) is 24.0. The fourth-order valence-corrected chi connectivity index (χ4v) is 4.82. The number of carbonyl (C=O) groups is 1. The van der Waals surface area contributed by atoms with Crippen molar-refractivity contribution in [1.29, 1.82) is 0 Å². The van der Waals surface area contributed by atoms with Crippen LogP contribution in [0.3, 0.4) is 0 Å². The standard InChI is InChI=1S/C21H20N4O6S2/c1-2-3-15-12-19(26)24-21(23-15)32-13-20(27)22-14-4-8-17(9-5-14)33(30,31)18-10-6-16(7-11-18)25(28)29/h4-12H,2-3,13H2,1H3,(H,22,27)(H,23,24,26). The van der Waals surface area contributed by atoms with Gasteiger partial charge < -0.3 is 10.3 Å². The van der Waals surface area contributed by atoms with Crippen LogP contribution in [0.25, 0.3) is 0 Å². The van der Waals surface area contributed by atoms with Crippen LogP contribution < -0.4 is 10.9 Å². The Morgan fingerprint density at radius 2 is 1.73 bits per heavy atom. The normalized spacial score (nSPS) is 11.2. The number of benzene rings is 2. The van der Waals surface area contributed by atoms with Gasteiger partial charge in [-0.15, -0.1) is 0 Å². The number of anilines is 1. The molecule has 12 heteroatoms. The summed E-state index contributed by atoms with van der Waals surface area (Å²) in [4.78, 5) is 40.9. The van der Waals surface area contributed by atoms with Gasteiger partial charge in [-0.25, -0.2) is 13.4 Å². The Labute approximate surface area is 193 Å². The Kier molecular flexibility index (Phi) is 7.61. The second kappa shape index (κ2) is 10.4. The van der Waals surface area contributed by atoms with Gasteiger partial charge in [0.1, 0.15) is 0 Å². The van der Waals surface area contributed by atoms with Crippen molar-refractivity contribution in [3.05, 3.63) is 80.8 Å². The molecule has 0 radical (unpaired) electrons. The number of hydrogen-bond donors (Lipinski definition) is 2. The third-order valence-corrected chi connectivity index (χ3v) is 7.08. The third-order valence-electron chi connectivity index (χ3n) is 4.43. The van der Waals surface area contributed by atoms with Crippen molar-refractivity contribution in [2.75, 3.05) is 11.1 Å². The van der Waals surface area contributed by atoms with Crippen LogP contribution in [0.1, 0.15) is 19.0 Å². The summed E-state index contributed by atoms with van der Waals surface area (Å²) in [6, 6.07) is 11.6. The Morgan fingerprint density at radius 1 is 1.12 bits per heavy atom. The van der Waals surface area contributed by atoms with Crippen molar-refractivity contribution in [3.63, 3.8) is 0 Å². The molecule has 172 valence electrons. The topological polar surface area (TPSA) is 152 Å². The van der Waals surface area contributed by atoms with Gasteiger partial charge in [-0.1, -0.05) is 25.1 Å². The van der Waals surface area contributed by atoms with E-state index in [1.807, 2.05) is 6.92 Å². The van der Waals surface area contributed by atoms with Crippen LogP contribution in [0, 0.1) is 10.1 Å². The zero-order valence-corrected chi connectivity index (χ0v) is 19.1. The number of aryl methyl sites for hydroxylation is 1. The Hall–Kier alpha value is -3.51. The minimum absolute atomic E-state index is 0.00135. The first-order chi connectivity index (χ1) is 15.7. The van der Waals surface area contributed by atoms with E-state index in [1.165, 1.54) is 42.5 Å². The van der Waals surface area contributed by atoms with E-state index >= 15 is 0 Å². The molecule has 10 nitrogen and oxygen atoms in total. The van der Waals surface area contributed by atoms with E-state index in [-0.39, 0.29) is 32.7 Å². The Balaban J connectivity index is 1.63. The molecule has 0 bridgehead atoms. The third kappa shape index (κ3) is 6.26. The molecule has 3 rings (SSSR count). The number of nitrogens with one attached hydrogen (secondary N) is 2. The van der Waals surface area contributed by atoms with E-state index < -0.39 is 14.8 Å². The maximum Gasteiger partial charge on any atom is 0.269 e. The molecular weight excluding hydrogens is 468 g/mol. The van der Waals surface area contributed by atoms with Crippen molar-refractivity contribution in [3.8, 4) is 0 Å². The van der Waals surface area contributed by atoms with E-state index in [0.29, 0.717) is 23.0 Å². The predicted octanol–water partition coefficient (Wildman–Crippen LogP) is 3.19. The molecule has 1 amide bonds. The van der Waals surface area contributed by atoms with E-state index in [9.17, 15) is 28.1 Å². The number of nitro groups is 1. The number of sulfone groups is 1. The highest BCUT2D eigenvalue weighted by atomic mass is 32.2. The molecule has 3 aromatic rings. The van der Waals surface area contributed by atoms with Crippen LogP contribution in [0.5, 0.6) is 0 Å². The maximum atomic E-state index is 12.7. The van der Waals surface area contributed by atoms with E-state index in [2.05, 4.69) is 15.3 Å². The molecule has 0 fully saturated rings. The second-order valence-electron chi connectivity index (χ2n) is 6.91.